The number of methoxy groups -OCH3 is 2. The molecule has 0 aromatic heterocycles. The number of ether oxygens (including phenoxy) is 2. The molecule has 3 heteroatoms. The van der Waals surface area contributed by atoms with Crippen LogP contribution in [0.15, 0.2) is 29.3 Å². The number of benzene rings is 1. The lowest BCUT2D eigenvalue weighted by molar-refractivity contribution is 0.387. The number of allylic oxidation sites excluding steroid dienone is 1. The largest absolute Gasteiger partial charge is 0.496 e. The first-order valence-corrected chi connectivity index (χ1v) is 5.01. The van der Waals surface area contributed by atoms with E-state index in [1.807, 2.05) is 18.2 Å². The third kappa shape index (κ3) is 2.51. The van der Waals surface area contributed by atoms with Crippen LogP contribution in [0.2, 0.25) is 0 Å². The first-order valence-electron chi connectivity index (χ1n) is 4.22. The van der Waals surface area contributed by atoms with E-state index in [1.54, 1.807) is 14.2 Å². The van der Waals surface area contributed by atoms with Crippen molar-refractivity contribution in [3.8, 4) is 11.5 Å². The summed E-state index contributed by atoms with van der Waals surface area (Å²) in [5, 5.41) is 0. The Morgan fingerprint density at radius 1 is 1.29 bits per heavy atom. The summed E-state index contributed by atoms with van der Waals surface area (Å²) < 4.78 is 11.4. The molecule has 0 heterocycles. The highest BCUT2D eigenvalue weighted by molar-refractivity contribution is 9.11. The molecule has 0 N–H and O–H groups in total. The van der Waals surface area contributed by atoms with Crippen molar-refractivity contribution in [2.24, 2.45) is 0 Å². The Labute approximate surface area is 92.7 Å². The number of rotatable bonds is 4. The topological polar surface area (TPSA) is 18.5 Å². The van der Waals surface area contributed by atoms with Gasteiger partial charge in [0.2, 0.25) is 0 Å². The Balaban J connectivity index is 3.12. The molecule has 0 radical (unpaired) electrons. The van der Waals surface area contributed by atoms with Gasteiger partial charge in [-0.15, -0.1) is 0 Å². The van der Waals surface area contributed by atoms with Gasteiger partial charge in [0.1, 0.15) is 11.5 Å². The Morgan fingerprint density at radius 3 is 2.14 bits per heavy atom. The Bertz CT molecular complexity index is 312. The fourth-order valence-corrected chi connectivity index (χ4v) is 1.57. The van der Waals surface area contributed by atoms with Crippen molar-refractivity contribution < 1.29 is 9.47 Å². The van der Waals surface area contributed by atoms with Crippen LogP contribution >= 0.6 is 15.9 Å². The zero-order valence-electron chi connectivity index (χ0n) is 8.34. The zero-order valence-corrected chi connectivity index (χ0v) is 9.93. The van der Waals surface area contributed by atoms with E-state index in [1.165, 1.54) is 0 Å². The molecule has 0 fully saturated rings. The molecular weight excluding hydrogens is 244 g/mol. The summed E-state index contributed by atoms with van der Waals surface area (Å²) in [4.78, 5) is 0. The van der Waals surface area contributed by atoms with Crippen LogP contribution in [0.5, 0.6) is 11.5 Å². The second kappa shape index (κ2) is 5.05. The summed E-state index contributed by atoms with van der Waals surface area (Å²) in [6, 6.07) is 5.72. The van der Waals surface area contributed by atoms with Gasteiger partial charge in [0.25, 0.3) is 0 Å². The molecule has 1 aromatic rings. The van der Waals surface area contributed by atoms with Crippen molar-refractivity contribution in [1.29, 1.82) is 0 Å². The van der Waals surface area contributed by atoms with E-state index in [-0.39, 0.29) is 0 Å². The van der Waals surface area contributed by atoms with Crippen LogP contribution in [-0.2, 0) is 6.42 Å². The van der Waals surface area contributed by atoms with Gasteiger partial charge in [0, 0.05) is 12.0 Å². The molecule has 0 unspecified atom stereocenters. The average Bonchev–Trinajstić information content (AvgIpc) is 2.17. The van der Waals surface area contributed by atoms with Gasteiger partial charge in [0.05, 0.1) is 14.2 Å². The summed E-state index contributed by atoms with van der Waals surface area (Å²) in [5.41, 5.74) is 1.01. The lowest BCUT2D eigenvalue weighted by Crippen LogP contribution is -1.96. The first-order chi connectivity index (χ1) is 6.69. The van der Waals surface area contributed by atoms with Crippen molar-refractivity contribution in [1.82, 2.24) is 0 Å². The maximum absolute atomic E-state index is 5.25. The fraction of sp³-hybridized carbons (Fsp3) is 0.273. The van der Waals surface area contributed by atoms with Crippen molar-refractivity contribution >= 4 is 15.9 Å². The second-order valence-corrected chi connectivity index (χ2v) is 3.96. The monoisotopic (exact) mass is 256 g/mol. The Morgan fingerprint density at radius 2 is 1.79 bits per heavy atom. The van der Waals surface area contributed by atoms with Crippen LogP contribution in [-0.4, -0.2) is 14.2 Å². The molecule has 0 aliphatic carbocycles. The molecule has 0 aliphatic rings. The molecule has 76 valence electrons. The average molecular weight is 257 g/mol. The number of hydrogen-bond donors (Lipinski definition) is 0. The Hall–Kier alpha value is -0.960. The van der Waals surface area contributed by atoms with Crippen LogP contribution < -0.4 is 9.47 Å². The van der Waals surface area contributed by atoms with Crippen LogP contribution in [0.3, 0.4) is 0 Å². The molecule has 0 atom stereocenters. The minimum atomic E-state index is 0.702. The molecule has 14 heavy (non-hydrogen) atoms. The van der Waals surface area contributed by atoms with Gasteiger partial charge in [-0.2, -0.15) is 0 Å². The highest BCUT2D eigenvalue weighted by Gasteiger charge is 2.09. The van der Waals surface area contributed by atoms with E-state index in [0.717, 1.165) is 21.5 Å². The van der Waals surface area contributed by atoms with E-state index >= 15 is 0 Å². The molecule has 0 saturated carbocycles. The smallest absolute Gasteiger partial charge is 0.126 e. The van der Waals surface area contributed by atoms with Crippen LogP contribution in [0.4, 0.5) is 0 Å². The molecule has 0 bridgehead atoms. The summed E-state index contributed by atoms with van der Waals surface area (Å²) in [6.45, 7) is 3.81. The van der Waals surface area contributed by atoms with Crippen LogP contribution in [0.25, 0.3) is 0 Å². The fourth-order valence-electron chi connectivity index (χ4n) is 1.29. The lowest BCUT2D eigenvalue weighted by Gasteiger charge is -2.12. The van der Waals surface area contributed by atoms with Gasteiger partial charge in [-0.3, -0.25) is 0 Å². The maximum Gasteiger partial charge on any atom is 0.126 e. The van der Waals surface area contributed by atoms with Crippen molar-refractivity contribution in [3.05, 3.63) is 34.8 Å². The van der Waals surface area contributed by atoms with Gasteiger partial charge in [-0.25, -0.2) is 0 Å². The predicted octanol–water partition coefficient (Wildman–Crippen LogP) is 3.15. The van der Waals surface area contributed by atoms with Crippen LogP contribution in [0.1, 0.15) is 5.56 Å². The number of halogens is 1. The standard InChI is InChI=1S/C11H13BrO2/c1-8(12)7-9-10(13-2)5-4-6-11(9)14-3/h4-6H,1,7H2,2-3H3. The minimum Gasteiger partial charge on any atom is -0.496 e. The van der Waals surface area contributed by atoms with E-state index in [4.69, 9.17) is 9.47 Å². The summed E-state index contributed by atoms with van der Waals surface area (Å²) in [7, 11) is 3.30. The SMILES string of the molecule is C=C(Br)Cc1c(OC)cccc1OC. The third-order valence-corrected chi connectivity index (χ3v) is 2.18. The van der Waals surface area contributed by atoms with Gasteiger partial charge < -0.3 is 9.47 Å². The van der Waals surface area contributed by atoms with Crippen molar-refractivity contribution in [3.63, 3.8) is 0 Å². The van der Waals surface area contributed by atoms with Crippen LogP contribution in [0, 0.1) is 0 Å². The molecule has 0 aliphatic heterocycles. The highest BCUT2D eigenvalue weighted by Crippen LogP contribution is 2.31. The molecule has 0 amide bonds. The number of hydrogen-bond acceptors (Lipinski definition) is 2. The quantitative estimate of drug-likeness (QED) is 0.824. The summed E-state index contributed by atoms with van der Waals surface area (Å²) >= 11 is 3.33. The lowest BCUT2D eigenvalue weighted by atomic mass is 10.1. The van der Waals surface area contributed by atoms with E-state index in [0.29, 0.717) is 6.42 Å². The summed E-state index contributed by atoms with van der Waals surface area (Å²) in [5.74, 6) is 1.65. The normalized spacial score (nSPS) is 9.64. The molecule has 1 rings (SSSR count). The minimum absolute atomic E-state index is 0.702. The van der Waals surface area contributed by atoms with Gasteiger partial charge in [0.15, 0.2) is 0 Å². The first kappa shape index (κ1) is 11.1. The molecule has 0 spiro atoms. The van der Waals surface area contributed by atoms with E-state index in [9.17, 15) is 0 Å². The molecule has 2 nitrogen and oxygen atoms in total. The van der Waals surface area contributed by atoms with Gasteiger partial charge in [-0.1, -0.05) is 28.6 Å². The third-order valence-electron chi connectivity index (χ3n) is 1.90. The maximum atomic E-state index is 5.25. The van der Waals surface area contributed by atoms with Gasteiger partial charge in [-0.05, 0) is 16.6 Å². The predicted molar refractivity (Wildman–Crippen MR) is 61.3 cm³/mol. The van der Waals surface area contributed by atoms with E-state index in [2.05, 4.69) is 22.5 Å². The summed E-state index contributed by atoms with van der Waals surface area (Å²) in [6.07, 6.45) is 0.702. The zero-order chi connectivity index (χ0) is 10.6. The second-order valence-electron chi connectivity index (χ2n) is 2.84. The van der Waals surface area contributed by atoms with Crippen molar-refractivity contribution in [2.45, 2.75) is 6.42 Å². The Kier molecular flexibility index (Phi) is 4.01. The molecular formula is C11H13BrO2. The van der Waals surface area contributed by atoms with Crippen molar-refractivity contribution in [2.75, 3.05) is 14.2 Å². The van der Waals surface area contributed by atoms with Gasteiger partial charge >= 0.3 is 0 Å². The van der Waals surface area contributed by atoms with E-state index < -0.39 is 0 Å². The molecule has 1 aromatic carbocycles. The molecule has 0 saturated heterocycles. The highest BCUT2D eigenvalue weighted by atomic mass is 79.9.